The largest absolute Gasteiger partial charge is 0.490 e. The predicted octanol–water partition coefficient (Wildman–Crippen LogP) is 7.75. The van der Waals surface area contributed by atoms with Crippen LogP contribution in [0.1, 0.15) is 40.7 Å². The number of carbonyl (C=O) groups is 2. The molecule has 0 bridgehead atoms. The molecule has 10 heteroatoms. The number of piperidine rings is 1. The fourth-order valence-corrected chi connectivity index (χ4v) is 6.07. The lowest BCUT2D eigenvalue weighted by Crippen LogP contribution is -2.46. The van der Waals surface area contributed by atoms with E-state index in [-0.39, 0.29) is 37.8 Å². The van der Waals surface area contributed by atoms with E-state index in [9.17, 15) is 14.7 Å². The van der Waals surface area contributed by atoms with Crippen molar-refractivity contribution >= 4 is 30.9 Å². The molecule has 0 aromatic heterocycles. The van der Waals surface area contributed by atoms with Crippen molar-refractivity contribution in [2.75, 3.05) is 33.1 Å². The maximum atomic E-state index is 12.5. The SMILES string of the molecule is CC(OCOc1ccc(C(=O)OCCOc2ccc(C3CCN(C(=O)O)CC3OCc3ccc4ccccc4c3)cc2)cc1)[Si](C)(C)C. The number of likely N-dealkylation sites (tertiary alicyclic amines) is 1. The van der Waals surface area contributed by atoms with Crippen molar-refractivity contribution in [1.29, 1.82) is 0 Å². The van der Waals surface area contributed by atoms with E-state index < -0.39 is 20.1 Å². The lowest BCUT2D eigenvalue weighted by molar-refractivity contribution is -0.0199. The fraction of sp³-hybridized carbons (Fsp3) is 0.368. The second-order valence-electron chi connectivity index (χ2n) is 13.2. The zero-order valence-electron chi connectivity index (χ0n) is 28.1. The fourth-order valence-electron chi connectivity index (χ4n) is 5.50. The molecular weight excluding hydrogens is 627 g/mol. The van der Waals surface area contributed by atoms with Crippen LogP contribution in [-0.4, -0.2) is 75.1 Å². The maximum absolute atomic E-state index is 12.5. The first-order valence-corrected chi connectivity index (χ1v) is 20.0. The third-order valence-corrected chi connectivity index (χ3v) is 11.5. The standard InChI is InChI=1S/C38H45NO8Si/c1-27(48(2,3)4)46-26-47-34-17-13-31(14-18-34)37(40)44-22-21-43-33-15-11-30(12-16-33)35-19-20-39(38(41)42)24-36(35)45-25-28-9-10-29-7-5-6-8-32(29)23-28/h5-18,23,27,35-36H,19-22,24-26H2,1-4H3,(H,41,42). The minimum Gasteiger partial charge on any atom is -0.490 e. The van der Waals surface area contributed by atoms with Crippen LogP contribution >= 0.6 is 0 Å². The molecule has 1 heterocycles. The van der Waals surface area contributed by atoms with Gasteiger partial charge in [0.1, 0.15) is 24.7 Å². The summed E-state index contributed by atoms with van der Waals surface area (Å²) in [5.74, 6) is 0.871. The van der Waals surface area contributed by atoms with Crippen molar-refractivity contribution in [2.24, 2.45) is 0 Å². The van der Waals surface area contributed by atoms with Crippen molar-refractivity contribution in [3.05, 3.63) is 108 Å². The van der Waals surface area contributed by atoms with Crippen molar-refractivity contribution in [3.63, 3.8) is 0 Å². The molecule has 1 aliphatic rings. The number of ether oxygens (including phenoxy) is 5. The van der Waals surface area contributed by atoms with Crippen molar-refractivity contribution in [1.82, 2.24) is 4.90 Å². The van der Waals surface area contributed by atoms with Crippen LogP contribution < -0.4 is 9.47 Å². The van der Waals surface area contributed by atoms with Crippen LogP contribution in [0.5, 0.6) is 11.5 Å². The van der Waals surface area contributed by atoms with Gasteiger partial charge >= 0.3 is 12.1 Å². The zero-order valence-corrected chi connectivity index (χ0v) is 29.1. The minimum absolute atomic E-state index is 0.0362. The van der Waals surface area contributed by atoms with Crippen LogP contribution in [0, 0.1) is 0 Å². The highest BCUT2D eigenvalue weighted by Crippen LogP contribution is 2.32. The summed E-state index contributed by atoms with van der Waals surface area (Å²) in [5.41, 5.74) is 2.71. The Morgan fingerprint density at radius 2 is 1.56 bits per heavy atom. The highest BCUT2D eigenvalue weighted by atomic mass is 28.3. The van der Waals surface area contributed by atoms with Gasteiger partial charge in [-0.05, 0) is 77.7 Å². The van der Waals surface area contributed by atoms with Gasteiger partial charge in [-0.2, -0.15) is 0 Å². The second-order valence-corrected chi connectivity index (χ2v) is 18.7. The van der Waals surface area contributed by atoms with E-state index in [1.54, 1.807) is 24.3 Å². The Hall–Kier alpha value is -4.38. The smallest absolute Gasteiger partial charge is 0.407 e. The molecular formula is C38H45NO8Si. The normalized spacial score (nSPS) is 17.1. The van der Waals surface area contributed by atoms with E-state index in [1.165, 1.54) is 10.3 Å². The van der Waals surface area contributed by atoms with E-state index in [2.05, 4.69) is 56.9 Å². The summed E-state index contributed by atoms with van der Waals surface area (Å²) in [5, 5.41) is 12.0. The number of benzene rings is 4. The summed E-state index contributed by atoms with van der Waals surface area (Å²) in [4.78, 5) is 25.7. The number of hydrogen-bond acceptors (Lipinski definition) is 7. The first-order chi connectivity index (χ1) is 23.1. The number of esters is 1. The Morgan fingerprint density at radius 1 is 0.875 bits per heavy atom. The Bertz CT molecular complexity index is 1650. The molecule has 0 spiro atoms. The maximum Gasteiger partial charge on any atom is 0.407 e. The summed E-state index contributed by atoms with van der Waals surface area (Å²) in [7, 11) is -1.39. The molecule has 1 N–H and O–H groups in total. The topological polar surface area (TPSA) is 104 Å². The highest BCUT2D eigenvalue weighted by Gasteiger charge is 2.33. The van der Waals surface area contributed by atoms with Gasteiger partial charge in [-0.25, -0.2) is 9.59 Å². The van der Waals surface area contributed by atoms with Gasteiger partial charge in [0.2, 0.25) is 0 Å². The molecule has 3 atom stereocenters. The van der Waals surface area contributed by atoms with E-state index >= 15 is 0 Å². The van der Waals surface area contributed by atoms with Gasteiger partial charge in [-0.3, -0.25) is 0 Å². The molecule has 1 aliphatic heterocycles. The third-order valence-electron chi connectivity index (χ3n) is 8.85. The lowest BCUT2D eigenvalue weighted by Gasteiger charge is -2.37. The van der Waals surface area contributed by atoms with Crippen LogP contribution in [0.25, 0.3) is 10.8 Å². The lowest BCUT2D eigenvalue weighted by atomic mass is 9.87. The summed E-state index contributed by atoms with van der Waals surface area (Å²) in [6.07, 6.45) is -0.569. The quantitative estimate of drug-likeness (QED) is 0.0629. The zero-order chi connectivity index (χ0) is 34.1. The van der Waals surface area contributed by atoms with Gasteiger partial charge in [0, 0.05) is 18.2 Å². The van der Waals surface area contributed by atoms with E-state index in [0.717, 1.165) is 16.5 Å². The number of rotatable bonds is 14. The molecule has 5 rings (SSSR count). The average Bonchev–Trinajstić information content (AvgIpc) is 3.09. The third kappa shape index (κ3) is 9.59. The van der Waals surface area contributed by atoms with Crippen LogP contribution in [0.3, 0.4) is 0 Å². The van der Waals surface area contributed by atoms with E-state index in [1.807, 2.05) is 36.4 Å². The number of amides is 1. The van der Waals surface area contributed by atoms with Crippen LogP contribution in [0.2, 0.25) is 19.6 Å². The molecule has 1 fully saturated rings. The number of carboxylic acid groups (broad SMARTS) is 1. The second kappa shape index (κ2) is 16.1. The number of carbonyl (C=O) groups excluding carboxylic acids is 1. The van der Waals surface area contributed by atoms with Gasteiger partial charge in [0.15, 0.2) is 6.79 Å². The monoisotopic (exact) mass is 671 g/mol. The number of fused-ring (bicyclic) bond motifs is 1. The molecule has 3 unspecified atom stereocenters. The van der Waals surface area contributed by atoms with Crippen LogP contribution in [-0.2, 0) is 20.8 Å². The molecule has 0 radical (unpaired) electrons. The summed E-state index contributed by atoms with van der Waals surface area (Å²) in [6, 6.07) is 29.0. The summed E-state index contributed by atoms with van der Waals surface area (Å²) < 4.78 is 29.1. The molecule has 254 valence electrons. The molecule has 48 heavy (non-hydrogen) atoms. The number of hydrogen-bond donors (Lipinski definition) is 1. The highest BCUT2D eigenvalue weighted by molar-refractivity contribution is 6.77. The van der Waals surface area contributed by atoms with Gasteiger partial charge in [-0.15, -0.1) is 0 Å². The van der Waals surface area contributed by atoms with Crippen LogP contribution in [0.15, 0.2) is 91.0 Å². The number of nitrogens with zero attached hydrogens (tertiary/aromatic N) is 1. The molecule has 4 aromatic rings. The summed E-state index contributed by atoms with van der Waals surface area (Å²) >= 11 is 0. The minimum atomic E-state index is -1.39. The first kappa shape index (κ1) is 34.9. The summed E-state index contributed by atoms with van der Waals surface area (Å²) in [6.45, 7) is 10.4. The molecule has 1 amide bonds. The van der Waals surface area contributed by atoms with E-state index in [0.29, 0.717) is 43.2 Å². The predicted molar refractivity (Wildman–Crippen MR) is 188 cm³/mol. The van der Waals surface area contributed by atoms with Crippen molar-refractivity contribution < 1.29 is 38.4 Å². The molecule has 0 aliphatic carbocycles. The Kier molecular flexibility index (Phi) is 11.8. The first-order valence-electron chi connectivity index (χ1n) is 16.4. The Morgan fingerprint density at radius 3 is 2.27 bits per heavy atom. The molecule has 9 nitrogen and oxygen atoms in total. The van der Waals surface area contributed by atoms with Crippen molar-refractivity contribution in [2.45, 2.75) is 57.3 Å². The van der Waals surface area contributed by atoms with E-state index in [4.69, 9.17) is 23.7 Å². The average molecular weight is 672 g/mol. The van der Waals surface area contributed by atoms with Crippen molar-refractivity contribution in [3.8, 4) is 11.5 Å². The van der Waals surface area contributed by atoms with Gasteiger partial charge in [0.05, 0.1) is 32.9 Å². The molecule has 4 aromatic carbocycles. The molecule has 0 saturated carbocycles. The van der Waals surface area contributed by atoms with Gasteiger partial charge in [0.25, 0.3) is 0 Å². The Labute approximate surface area is 283 Å². The molecule has 1 saturated heterocycles. The Balaban J connectivity index is 1.08. The van der Waals surface area contributed by atoms with Crippen LogP contribution in [0.4, 0.5) is 4.79 Å². The van der Waals surface area contributed by atoms with Gasteiger partial charge < -0.3 is 33.7 Å². The van der Waals surface area contributed by atoms with Gasteiger partial charge in [-0.1, -0.05) is 68.2 Å².